The molecule has 0 unspecified atom stereocenters. The largest absolute Gasteiger partial charge is 0.462 e. The smallest absolute Gasteiger partial charge is 0.403 e. The molecule has 36 heavy (non-hydrogen) atoms. The Hall–Kier alpha value is -1.28. The summed E-state index contributed by atoms with van der Waals surface area (Å²) < 4.78 is 61.7. The molecule has 8 nitrogen and oxygen atoms in total. The number of rotatable bonds is 7. The molecule has 1 saturated heterocycles. The van der Waals surface area contributed by atoms with Gasteiger partial charge in [0.2, 0.25) is 20.0 Å². The average molecular weight is 603 g/mol. The van der Waals surface area contributed by atoms with Gasteiger partial charge in [-0.05, 0) is 63.1 Å². The van der Waals surface area contributed by atoms with E-state index in [1.54, 1.807) is 48.5 Å². The highest BCUT2D eigenvalue weighted by Gasteiger charge is 2.50. The van der Waals surface area contributed by atoms with Crippen molar-refractivity contribution in [2.75, 3.05) is 28.2 Å². The summed E-state index contributed by atoms with van der Waals surface area (Å²) in [4.78, 5) is 0.613. The molecule has 2 aromatic rings. The SMILES string of the molecule is CN(C)S(=O)(=O)c1ccc(CB2OC(C)(C)C(C)(C)O2)cc1.CN(C)S(=O)(=O)c1ccc(CBr)cc1. The Morgan fingerprint density at radius 3 is 1.33 bits per heavy atom. The van der Waals surface area contributed by atoms with Crippen molar-refractivity contribution in [3.05, 3.63) is 59.7 Å². The van der Waals surface area contributed by atoms with Gasteiger partial charge in [-0.25, -0.2) is 25.4 Å². The van der Waals surface area contributed by atoms with Gasteiger partial charge in [-0.1, -0.05) is 40.2 Å². The summed E-state index contributed by atoms with van der Waals surface area (Å²) in [5.74, 6) is 0. The summed E-state index contributed by atoms with van der Waals surface area (Å²) in [6, 6.07) is 13.7. The molecule has 0 atom stereocenters. The number of hydrogen-bond acceptors (Lipinski definition) is 6. The summed E-state index contributed by atoms with van der Waals surface area (Å²) in [5, 5.41) is 0.731. The van der Waals surface area contributed by atoms with Crippen LogP contribution in [0.5, 0.6) is 0 Å². The van der Waals surface area contributed by atoms with Gasteiger partial charge in [0.25, 0.3) is 0 Å². The molecule has 0 bridgehead atoms. The van der Waals surface area contributed by atoms with Gasteiger partial charge in [-0.2, -0.15) is 0 Å². The molecular weight excluding hydrogens is 567 g/mol. The van der Waals surface area contributed by atoms with Crippen LogP contribution in [0.3, 0.4) is 0 Å². The van der Waals surface area contributed by atoms with E-state index in [-0.39, 0.29) is 23.2 Å². The molecule has 0 N–H and O–H groups in total. The number of hydrogen-bond donors (Lipinski definition) is 0. The molecule has 0 aliphatic carbocycles. The van der Waals surface area contributed by atoms with Crippen molar-refractivity contribution in [3.8, 4) is 0 Å². The molecule has 1 heterocycles. The van der Waals surface area contributed by atoms with Crippen LogP contribution in [-0.2, 0) is 41.0 Å². The van der Waals surface area contributed by atoms with Crippen LogP contribution in [0.15, 0.2) is 58.3 Å². The zero-order valence-corrected chi connectivity index (χ0v) is 25.4. The summed E-state index contributed by atoms with van der Waals surface area (Å²) in [6.07, 6.45) is 0.592. The van der Waals surface area contributed by atoms with Crippen LogP contribution >= 0.6 is 15.9 Å². The number of alkyl halides is 1. The number of halogens is 1. The van der Waals surface area contributed by atoms with Gasteiger partial charge >= 0.3 is 7.12 Å². The van der Waals surface area contributed by atoms with Crippen molar-refractivity contribution in [1.29, 1.82) is 0 Å². The quantitative estimate of drug-likeness (QED) is 0.352. The van der Waals surface area contributed by atoms with E-state index in [0.717, 1.165) is 16.5 Å². The summed E-state index contributed by atoms with van der Waals surface area (Å²) >= 11 is 3.30. The third-order valence-corrected chi connectivity index (χ3v) is 10.6. The minimum absolute atomic E-state index is 0.287. The van der Waals surface area contributed by atoms with Crippen molar-refractivity contribution < 1.29 is 26.1 Å². The lowest BCUT2D eigenvalue weighted by molar-refractivity contribution is 0.00578. The Morgan fingerprint density at radius 2 is 1.03 bits per heavy atom. The van der Waals surface area contributed by atoms with Gasteiger partial charge in [0.1, 0.15) is 0 Å². The van der Waals surface area contributed by atoms with Crippen LogP contribution in [0.1, 0.15) is 38.8 Å². The maximum Gasteiger partial charge on any atom is 0.462 e. The zero-order valence-electron chi connectivity index (χ0n) is 22.1. The van der Waals surface area contributed by atoms with E-state index >= 15 is 0 Å². The van der Waals surface area contributed by atoms with Crippen LogP contribution in [0.2, 0.25) is 0 Å². The Labute approximate surface area is 225 Å². The van der Waals surface area contributed by atoms with Crippen LogP contribution in [0, 0.1) is 0 Å². The van der Waals surface area contributed by atoms with E-state index in [2.05, 4.69) is 15.9 Å². The van der Waals surface area contributed by atoms with Gasteiger partial charge in [-0.3, -0.25) is 0 Å². The fourth-order valence-corrected chi connectivity index (χ4v) is 5.39. The van der Waals surface area contributed by atoms with Crippen molar-refractivity contribution in [3.63, 3.8) is 0 Å². The van der Waals surface area contributed by atoms with E-state index in [9.17, 15) is 16.8 Å². The molecule has 0 saturated carbocycles. The molecule has 1 fully saturated rings. The second kappa shape index (κ2) is 11.6. The van der Waals surface area contributed by atoms with Gasteiger partial charge in [-0.15, -0.1) is 0 Å². The lowest BCUT2D eigenvalue weighted by atomic mass is 9.81. The van der Waals surface area contributed by atoms with Crippen LogP contribution in [-0.4, -0.2) is 72.0 Å². The molecular formula is C24H36BBrN2O6S2. The van der Waals surface area contributed by atoms with Crippen molar-refractivity contribution in [2.24, 2.45) is 0 Å². The molecule has 1 aliphatic rings. The first kappa shape index (κ1) is 30.9. The first-order valence-electron chi connectivity index (χ1n) is 11.4. The minimum Gasteiger partial charge on any atom is -0.403 e. The molecule has 2 aromatic carbocycles. The number of benzene rings is 2. The first-order chi connectivity index (χ1) is 16.4. The standard InChI is InChI=1S/C15H24BNO4S.C9H12BrNO2S/c1-14(2)15(3,4)21-16(20-14)11-12-7-9-13(10-8-12)22(18,19)17(5)6;1-11(2)14(12,13)9-5-3-8(7-10)4-6-9/h7-10H,11H2,1-6H3;3-6H,7H2,1-2H3. The molecule has 1 aliphatic heterocycles. The summed E-state index contributed by atoms with van der Waals surface area (Å²) in [7, 11) is -0.903. The zero-order chi connectivity index (χ0) is 27.5. The highest BCUT2D eigenvalue weighted by Crippen LogP contribution is 2.37. The lowest BCUT2D eigenvalue weighted by Gasteiger charge is -2.32. The summed E-state index contributed by atoms with van der Waals surface area (Å²) in [5.41, 5.74) is 1.33. The third-order valence-electron chi connectivity index (χ3n) is 6.26. The van der Waals surface area contributed by atoms with Crippen LogP contribution < -0.4 is 0 Å². The van der Waals surface area contributed by atoms with E-state index in [1.165, 1.54) is 36.8 Å². The third kappa shape index (κ3) is 7.18. The van der Waals surface area contributed by atoms with Gasteiger partial charge in [0.05, 0.1) is 21.0 Å². The molecule has 200 valence electrons. The summed E-state index contributed by atoms with van der Waals surface area (Å²) in [6.45, 7) is 8.05. The monoisotopic (exact) mass is 602 g/mol. The number of sulfonamides is 2. The first-order valence-corrected chi connectivity index (χ1v) is 15.4. The minimum atomic E-state index is -3.39. The van der Waals surface area contributed by atoms with E-state index < -0.39 is 20.0 Å². The maximum atomic E-state index is 12.0. The second-order valence-corrected chi connectivity index (χ2v) is 14.8. The fourth-order valence-electron chi connectivity index (χ4n) is 3.21. The predicted octanol–water partition coefficient (Wildman–Crippen LogP) is 3.94. The Kier molecular flexibility index (Phi) is 10.00. The Balaban J connectivity index is 0.000000281. The van der Waals surface area contributed by atoms with Crippen LogP contribution in [0.4, 0.5) is 0 Å². The van der Waals surface area contributed by atoms with Gasteiger partial charge in [0.15, 0.2) is 0 Å². The maximum absolute atomic E-state index is 12.0. The molecule has 0 radical (unpaired) electrons. The molecule has 0 spiro atoms. The molecule has 0 amide bonds. The Bertz CT molecular complexity index is 1210. The van der Waals surface area contributed by atoms with E-state index in [0.29, 0.717) is 11.2 Å². The van der Waals surface area contributed by atoms with E-state index in [4.69, 9.17) is 9.31 Å². The van der Waals surface area contributed by atoms with Crippen molar-refractivity contribution in [1.82, 2.24) is 8.61 Å². The Morgan fingerprint density at radius 1 is 0.694 bits per heavy atom. The number of nitrogens with zero attached hydrogens (tertiary/aromatic N) is 2. The highest BCUT2D eigenvalue weighted by atomic mass is 79.9. The van der Waals surface area contributed by atoms with Crippen LogP contribution in [0.25, 0.3) is 0 Å². The molecule has 3 rings (SSSR count). The van der Waals surface area contributed by atoms with Gasteiger partial charge < -0.3 is 9.31 Å². The average Bonchev–Trinajstić information content (AvgIpc) is 2.99. The van der Waals surface area contributed by atoms with Crippen molar-refractivity contribution in [2.45, 2.75) is 60.3 Å². The van der Waals surface area contributed by atoms with Crippen molar-refractivity contribution >= 4 is 43.1 Å². The highest BCUT2D eigenvalue weighted by molar-refractivity contribution is 9.08. The topological polar surface area (TPSA) is 93.2 Å². The predicted molar refractivity (Wildman–Crippen MR) is 147 cm³/mol. The fraction of sp³-hybridized carbons (Fsp3) is 0.500. The molecule has 0 aromatic heterocycles. The van der Waals surface area contributed by atoms with E-state index in [1.807, 2.05) is 27.7 Å². The normalized spacial score (nSPS) is 17.2. The lowest BCUT2D eigenvalue weighted by Crippen LogP contribution is -2.41. The second-order valence-electron chi connectivity index (χ2n) is 9.89. The van der Waals surface area contributed by atoms with Gasteiger partial charge in [0, 0.05) is 39.8 Å². The molecule has 12 heteroatoms.